The van der Waals surface area contributed by atoms with E-state index >= 15 is 0 Å². The van der Waals surface area contributed by atoms with Crippen LogP contribution in [0.2, 0.25) is 0 Å². The van der Waals surface area contributed by atoms with Crippen molar-refractivity contribution in [2.45, 2.75) is 46.1 Å². The molecule has 2 nitrogen and oxygen atoms in total. The van der Waals surface area contributed by atoms with Crippen LogP contribution in [-0.2, 0) is 16.1 Å². The van der Waals surface area contributed by atoms with E-state index in [0.29, 0.717) is 18.1 Å². The lowest BCUT2D eigenvalue weighted by Crippen LogP contribution is -2.04. The Labute approximate surface area is 110 Å². The van der Waals surface area contributed by atoms with E-state index in [1.165, 1.54) is 18.4 Å². The number of carbonyl (C=O) groups is 1. The Kier molecular flexibility index (Phi) is 5.63. The first-order valence-corrected chi connectivity index (χ1v) is 6.46. The molecule has 0 heterocycles. The van der Waals surface area contributed by atoms with Crippen LogP contribution >= 0.6 is 0 Å². The maximum Gasteiger partial charge on any atom is 0.333 e. The smallest absolute Gasteiger partial charge is 0.333 e. The predicted octanol–water partition coefficient (Wildman–Crippen LogP) is 4.21. The van der Waals surface area contributed by atoms with Gasteiger partial charge in [-0.1, -0.05) is 51.1 Å². The maximum absolute atomic E-state index is 11.3. The van der Waals surface area contributed by atoms with Crippen LogP contribution in [0.15, 0.2) is 36.4 Å². The molecule has 0 radical (unpaired) electrons. The summed E-state index contributed by atoms with van der Waals surface area (Å²) in [7, 11) is 0. The number of rotatable bonds is 6. The third-order valence-corrected chi connectivity index (χ3v) is 2.99. The highest BCUT2D eigenvalue weighted by molar-refractivity contribution is 5.86. The van der Waals surface area contributed by atoms with Crippen molar-refractivity contribution in [1.82, 2.24) is 0 Å². The van der Waals surface area contributed by atoms with E-state index in [0.717, 1.165) is 5.56 Å². The lowest BCUT2D eigenvalue weighted by Gasteiger charge is -2.11. The Morgan fingerprint density at radius 1 is 1.33 bits per heavy atom. The average Bonchev–Trinajstić information content (AvgIpc) is 2.36. The van der Waals surface area contributed by atoms with Crippen LogP contribution in [0.25, 0.3) is 0 Å². The molecule has 0 N–H and O–H groups in total. The van der Waals surface area contributed by atoms with Crippen molar-refractivity contribution in [3.05, 3.63) is 47.5 Å². The monoisotopic (exact) mass is 246 g/mol. The molecule has 0 bridgehead atoms. The minimum absolute atomic E-state index is 0.314. The van der Waals surface area contributed by atoms with Crippen molar-refractivity contribution < 1.29 is 9.53 Å². The number of benzene rings is 1. The number of esters is 1. The quantitative estimate of drug-likeness (QED) is 0.555. The first-order chi connectivity index (χ1) is 8.54. The molecule has 0 aliphatic heterocycles. The molecule has 1 rings (SSSR count). The van der Waals surface area contributed by atoms with E-state index in [1.807, 2.05) is 12.1 Å². The van der Waals surface area contributed by atoms with Crippen molar-refractivity contribution in [3.63, 3.8) is 0 Å². The van der Waals surface area contributed by atoms with Crippen LogP contribution in [0.4, 0.5) is 0 Å². The molecule has 0 spiro atoms. The van der Waals surface area contributed by atoms with Gasteiger partial charge in [0.2, 0.25) is 0 Å². The minimum Gasteiger partial charge on any atom is -0.457 e. The number of hydrogen-bond acceptors (Lipinski definition) is 2. The Morgan fingerprint density at radius 2 is 1.94 bits per heavy atom. The van der Waals surface area contributed by atoms with Gasteiger partial charge in [-0.3, -0.25) is 0 Å². The van der Waals surface area contributed by atoms with E-state index in [4.69, 9.17) is 4.74 Å². The third kappa shape index (κ3) is 4.36. The van der Waals surface area contributed by atoms with Gasteiger partial charge in [0.05, 0.1) is 0 Å². The molecule has 0 amide bonds. The second kappa shape index (κ2) is 7.00. The van der Waals surface area contributed by atoms with Gasteiger partial charge in [-0.15, -0.1) is 0 Å². The van der Waals surface area contributed by atoms with Crippen molar-refractivity contribution in [3.8, 4) is 0 Å². The summed E-state index contributed by atoms with van der Waals surface area (Å²) in [5.74, 6) is 0.250. The highest BCUT2D eigenvalue weighted by atomic mass is 16.5. The van der Waals surface area contributed by atoms with Gasteiger partial charge in [0.15, 0.2) is 0 Å². The molecule has 18 heavy (non-hydrogen) atoms. The van der Waals surface area contributed by atoms with Gasteiger partial charge >= 0.3 is 5.97 Å². The van der Waals surface area contributed by atoms with Gasteiger partial charge in [-0.2, -0.15) is 0 Å². The van der Waals surface area contributed by atoms with E-state index in [-0.39, 0.29) is 5.97 Å². The van der Waals surface area contributed by atoms with Crippen LogP contribution in [0.1, 0.15) is 50.7 Å². The molecule has 0 saturated heterocycles. The predicted molar refractivity (Wildman–Crippen MR) is 74.4 cm³/mol. The van der Waals surface area contributed by atoms with Gasteiger partial charge in [-0.05, 0) is 30.4 Å². The fraction of sp³-hybridized carbons (Fsp3) is 0.438. The second-order valence-corrected chi connectivity index (χ2v) is 4.79. The minimum atomic E-state index is -0.335. The lowest BCUT2D eigenvalue weighted by atomic mass is 9.96. The summed E-state index contributed by atoms with van der Waals surface area (Å²) in [6.45, 7) is 9.95. The van der Waals surface area contributed by atoms with E-state index in [1.54, 1.807) is 6.92 Å². The number of carbonyl (C=O) groups excluding carboxylic acids is 1. The molecule has 1 atom stereocenters. The second-order valence-electron chi connectivity index (χ2n) is 4.79. The average molecular weight is 246 g/mol. The zero-order valence-electron chi connectivity index (χ0n) is 11.5. The Morgan fingerprint density at radius 3 is 2.44 bits per heavy atom. The molecule has 0 aliphatic rings. The number of hydrogen-bond donors (Lipinski definition) is 0. The summed E-state index contributed by atoms with van der Waals surface area (Å²) in [5, 5.41) is 0. The SMILES string of the molecule is C=C(C)C(=O)OCc1ccc(C(C)CCC)cc1. The summed E-state index contributed by atoms with van der Waals surface area (Å²) in [6.07, 6.45) is 2.39. The van der Waals surface area contributed by atoms with Crippen LogP contribution in [0.5, 0.6) is 0 Å². The molecule has 2 heteroatoms. The summed E-state index contributed by atoms with van der Waals surface area (Å²) in [5.41, 5.74) is 2.78. The summed E-state index contributed by atoms with van der Waals surface area (Å²) in [4.78, 5) is 11.3. The van der Waals surface area contributed by atoms with Gasteiger partial charge in [0.1, 0.15) is 6.61 Å². The fourth-order valence-corrected chi connectivity index (χ4v) is 1.81. The summed E-state index contributed by atoms with van der Waals surface area (Å²) >= 11 is 0. The molecule has 98 valence electrons. The largest absolute Gasteiger partial charge is 0.457 e. The molecule has 0 aromatic heterocycles. The lowest BCUT2D eigenvalue weighted by molar-refractivity contribution is -0.140. The van der Waals surface area contributed by atoms with Crippen molar-refractivity contribution >= 4 is 5.97 Å². The van der Waals surface area contributed by atoms with Crippen molar-refractivity contribution in [2.24, 2.45) is 0 Å². The maximum atomic E-state index is 11.3. The van der Waals surface area contributed by atoms with Crippen LogP contribution in [0.3, 0.4) is 0 Å². The third-order valence-electron chi connectivity index (χ3n) is 2.99. The molecule has 1 unspecified atom stereocenters. The molecule has 1 aromatic carbocycles. The molecule has 0 saturated carbocycles. The van der Waals surface area contributed by atoms with E-state index < -0.39 is 0 Å². The molecular weight excluding hydrogens is 224 g/mol. The van der Waals surface area contributed by atoms with Crippen molar-refractivity contribution in [1.29, 1.82) is 0 Å². The Hall–Kier alpha value is -1.57. The van der Waals surface area contributed by atoms with Crippen LogP contribution < -0.4 is 0 Å². The molecular formula is C16H22O2. The first kappa shape index (κ1) is 14.5. The topological polar surface area (TPSA) is 26.3 Å². The van der Waals surface area contributed by atoms with Crippen LogP contribution in [-0.4, -0.2) is 5.97 Å². The first-order valence-electron chi connectivity index (χ1n) is 6.46. The van der Waals surface area contributed by atoms with Gasteiger partial charge in [0, 0.05) is 5.57 Å². The van der Waals surface area contributed by atoms with Crippen LogP contribution in [0, 0.1) is 0 Å². The van der Waals surface area contributed by atoms with Gasteiger partial charge in [-0.25, -0.2) is 4.79 Å². The Balaban J connectivity index is 2.55. The summed E-state index contributed by atoms with van der Waals surface area (Å²) in [6, 6.07) is 8.27. The number of ether oxygens (including phenoxy) is 1. The zero-order valence-corrected chi connectivity index (χ0v) is 11.5. The van der Waals surface area contributed by atoms with Gasteiger partial charge in [0.25, 0.3) is 0 Å². The van der Waals surface area contributed by atoms with Gasteiger partial charge < -0.3 is 4.74 Å². The highest BCUT2D eigenvalue weighted by Gasteiger charge is 2.06. The normalized spacial score (nSPS) is 11.9. The highest BCUT2D eigenvalue weighted by Crippen LogP contribution is 2.20. The standard InChI is InChI=1S/C16H22O2/c1-5-6-13(4)15-9-7-14(8-10-15)11-18-16(17)12(2)3/h7-10,13H,2,5-6,11H2,1,3-4H3. The molecule has 0 fully saturated rings. The zero-order chi connectivity index (χ0) is 13.5. The van der Waals surface area contributed by atoms with Crippen molar-refractivity contribution in [2.75, 3.05) is 0 Å². The Bertz CT molecular complexity index is 404. The summed E-state index contributed by atoms with van der Waals surface area (Å²) < 4.78 is 5.10. The molecule has 1 aromatic rings. The fourth-order valence-electron chi connectivity index (χ4n) is 1.81. The molecule has 0 aliphatic carbocycles. The van der Waals surface area contributed by atoms with E-state index in [2.05, 4.69) is 32.6 Å². The van der Waals surface area contributed by atoms with E-state index in [9.17, 15) is 4.79 Å².